The first-order chi connectivity index (χ1) is 14.7. The molecule has 1 heterocycles. The Kier molecular flexibility index (Phi) is 4.97. The number of carbonyl (C=O) groups excluding carboxylic acids is 1. The smallest absolute Gasteiger partial charge is 0.414 e. The van der Waals surface area contributed by atoms with Gasteiger partial charge in [0.15, 0.2) is 0 Å². The van der Waals surface area contributed by atoms with E-state index in [1.807, 2.05) is 36.4 Å². The fourth-order valence-corrected chi connectivity index (χ4v) is 4.61. The predicted octanol–water partition coefficient (Wildman–Crippen LogP) is 4.96. The number of aliphatic hydroxyl groups excluding tert-OH is 1. The summed E-state index contributed by atoms with van der Waals surface area (Å²) in [5.74, 6) is 0.551. The van der Waals surface area contributed by atoms with Gasteiger partial charge in [-0.1, -0.05) is 64.5 Å². The minimum absolute atomic E-state index is 0.00184. The highest BCUT2D eigenvalue weighted by Gasteiger charge is 2.33. The fraction of sp³-hybridized carbons (Fsp3) is 0.208. The second kappa shape index (κ2) is 7.78. The minimum atomic E-state index is -0.487. The highest BCUT2D eigenvalue weighted by Crippen LogP contribution is 2.44. The van der Waals surface area contributed by atoms with Gasteiger partial charge >= 0.3 is 6.09 Å². The van der Waals surface area contributed by atoms with E-state index in [1.165, 1.54) is 27.2 Å². The zero-order valence-corrected chi connectivity index (χ0v) is 17.7. The van der Waals surface area contributed by atoms with Crippen molar-refractivity contribution in [2.75, 3.05) is 24.7 Å². The van der Waals surface area contributed by atoms with Crippen LogP contribution in [0.1, 0.15) is 17.0 Å². The molecule has 3 aromatic carbocycles. The molecule has 1 unspecified atom stereocenters. The molecule has 5 rings (SSSR count). The maximum Gasteiger partial charge on any atom is 0.414 e. The topological polar surface area (TPSA) is 59.0 Å². The number of carbonyl (C=O) groups is 1. The van der Waals surface area contributed by atoms with Gasteiger partial charge in [0.05, 0.1) is 18.8 Å². The number of fused-ring (bicyclic) bond motifs is 4. The maximum absolute atomic E-state index is 13.1. The summed E-state index contributed by atoms with van der Waals surface area (Å²) >= 11 is 3.44. The van der Waals surface area contributed by atoms with E-state index in [4.69, 9.17) is 9.47 Å². The number of hydrogen-bond donors (Lipinski definition) is 1. The number of nitrogens with zero attached hydrogens (tertiary/aromatic N) is 1. The van der Waals surface area contributed by atoms with Crippen molar-refractivity contribution < 1.29 is 19.4 Å². The fourth-order valence-electron chi connectivity index (χ4n) is 4.26. The van der Waals surface area contributed by atoms with Crippen LogP contribution in [0.25, 0.3) is 11.1 Å². The van der Waals surface area contributed by atoms with E-state index < -0.39 is 12.2 Å². The minimum Gasteiger partial charge on any atom is -0.484 e. The van der Waals surface area contributed by atoms with E-state index in [0.29, 0.717) is 11.4 Å². The summed E-state index contributed by atoms with van der Waals surface area (Å²) in [4.78, 5) is 14.6. The van der Waals surface area contributed by atoms with Crippen LogP contribution in [-0.2, 0) is 4.74 Å². The Balaban J connectivity index is 1.40. The van der Waals surface area contributed by atoms with Crippen molar-refractivity contribution in [2.45, 2.75) is 12.0 Å². The molecule has 1 aliphatic carbocycles. The third kappa shape index (κ3) is 3.26. The van der Waals surface area contributed by atoms with Crippen LogP contribution in [0.5, 0.6) is 5.75 Å². The largest absolute Gasteiger partial charge is 0.484 e. The Hall–Kier alpha value is -2.83. The van der Waals surface area contributed by atoms with Crippen LogP contribution in [0.15, 0.2) is 71.2 Å². The molecule has 0 spiro atoms. The lowest BCUT2D eigenvalue weighted by Crippen LogP contribution is -2.45. The Morgan fingerprint density at radius 1 is 1.07 bits per heavy atom. The Morgan fingerprint density at radius 3 is 2.40 bits per heavy atom. The average molecular weight is 466 g/mol. The van der Waals surface area contributed by atoms with Crippen LogP contribution in [0, 0.1) is 0 Å². The first kappa shape index (κ1) is 19.2. The van der Waals surface area contributed by atoms with Crippen molar-refractivity contribution in [3.8, 4) is 16.9 Å². The summed E-state index contributed by atoms with van der Waals surface area (Å²) < 4.78 is 12.4. The molecule has 0 radical (unpaired) electrons. The monoisotopic (exact) mass is 465 g/mol. The molecule has 0 bridgehead atoms. The molecule has 152 valence electrons. The number of anilines is 1. The van der Waals surface area contributed by atoms with Crippen LogP contribution < -0.4 is 9.64 Å². The first-order valence-electron chi connectivity index (χ1n) is 9.85. The molecule has 30 heavy (non-hydrogen) atoms. The molecule has 1 amide bonds. The summed E-state index contributed by atoms with van der Waals surface area (Å²) in [6.07, 6.45) is -0.933. The van der Waals surface area contributed by atoms with E-state index in [0.717, 1.165) is 4.47 Å². The third-order valence-electron chi connectivity index (χ3n) is 5.65. The lowest BCUT2D eigenvalue weighted by Gasteiger charge is -2.33. The Morgan fingerprint density at radius 2 is 1.73 bits per heavy atom. The second-order valence-corrected chi connectivity index (χ2v) is 8.36. The van der Waals surface area contributed by atoms with Crippen LogP contribution in [0.3, 0.4) is 0 Å². The molecule has 5 nitrogen and oxygen atoms in total. The van der Waals surface area contributed by atoms with Crippen molar-refractivity contribution in [1.82, 2.24) is 0 Å². The lowest BCUT2D eigenvalue weighted by molar-refractivity contribution is 0.104. The summed E-state index contributed by atoms with van der Waals surface area (Å²) in [7, 11) is 0. The third-order valence-corrected chi connectivity index (χ3v) is 6.14. The number of aliphatic hydroxyl groups is 1. The lowest BCUT2D eigenvalue weighted by atomic mass is 9.98. The van der Waals surface area contributed by atoms with Crippen molar-refractivity contribution in [3.05, 3.63) is 82.3 Å². The molecule has 0 saturated carbocycles. The molecule has 1 N–H and O–H groups in total. The summed E-state index contributed by atoms with van der Waals surface area (Å²) in [5.41, 5.74) is 5.35. The summed E-state index contributed by atoms with van der Waals surface area (Å²) in [5, 5.41) is 9.58. The normalized spacial score (nSPS) is 17.0. The molecular formula is C24H20BrNO4. The molecule has 1 aliphatic heterocycles. The molecule has 0 saturated heterocycles. The SMILES string of the molecule is O=C(OCC1c2ccccc2-c2ccccc21)N1CC(CO)Oc2ccc(Br)cc21. The number of amides is 1. The van der Waals surface area contributed by atoms with Gasteiger partial charge in [-0.2, -0.15) is 0 Å². The van der Waals surface area contributed by atoms with Crippen LogP contribution in [0.4, 0.5) is 10.5 Å². The molecule has 6 heteroatoms. The van der Waals surface area contributed by atoms with E-state index in [9.17, 15) is 9.90 Å². The highest BCUT2D eigenvalue weighted by atomic mass is 79.9. The Bertz CT molecular complexity index is 1070. The average Bonchev–Trinajstić information content (AvgIpc) is 3.10. The summed E-state index contributed by atoms with van der Waals surface area (Å²) in [6, 6.07) is 21.9. The second-order valence-electron chi connectivity index (χ2n) is 7.45. The first-order valence-corrected chi connectivity index (χ1v) is 10.6. The van der Waals surface area contributed by atoms with Gasteiger partial charge in [0.2, 0.25) is 0 Å². The molecule has 0 aromatic heterocycles. The number of ether oxygens (including phenoxy) is 2. The molecule has 2 aliphatic rings. The van der Waals surface area contributed by atoms with Crippen LogP contribution in [-0.4, -0.2) is 37.1 Å². The zero-order valence-electron chi connectivity index (χ0n) is 16.1. The standard InChI is InChI=1S/C24H20BrNO4/c25-15-9-10-23-22(11-15)26(12-16(13-27)30-23)24(28)29-14-21-19-7-3-1-5-17(19)18-6-2-4-8-20(18)21/h1-11,16,21,27H,12-14H2. The molecular weight excluding hydrogens is 446 g/mol. The number of hydrogen-bond acceptors (Lipinski definition) is 4. The highest BCUT2D eigenvalue weighted by molar-refractivity contribution is 9.10. The van der Waals surface area contributed by atoms with Gasteiger partial charge in [-0.25, -0.2) is 4.79 Å². The van der Waals surface area contributed by atoms with Crippen molar-refractivity contribution in [1.29, 1.82) is 0 Å². The molecule has 3 aromatic rings. The number of rotatable bonds is 3. The van der Waals surface area contributed by atoms with Crippen molar-refractivity contribution in [2.24, 2.45) is 0 Å². The van der Waals surface area contributed by atoms with Gasteiger partial charge in [0.1, 0.15) is 18.5 Å². The molecule has 1 atom stereocenters. The van der Waals surface area contributed by atoms with Crippen LogP contribution in [0.2, 0.25) is 0 Å². The van der Waals surface area contributed by atoms with Gasteiger partial charge in [0, 0.05) is 10.4 Å². The Labute approximate surface area is 183 Å². The van der Waals surface area contributed by atoms with Crippen LogP contribution >= 0.6 is 15.9 Å². The zero-order chi connectivity index (χ0) is 20.7. The van der Waals surface area contributed by atoms with Crippen molar-refractivity contribution in [3.63, 3.8) is 0 Å². The number of benzene rings is 3. The van der Waals surface area contributed by atoms with E-state index >= 15 is 0 Å². The van der Waals surface area contributed by atoms with E-state index in [1.54, 1.807) is 6.07 Å². The quantitative estimate of drug-likeness (QED) is 0.593. The van der Waals surface area contributed by atoms with Gasteiger partial charge < -0.3 is 14.6 Å². The van der Waals surface area contributed by atoms with Gasteiger partial charge in [-0.3, -0.25) is 4.90 Å². The van der Waals surface area contributed by atoms with Gasteiger partial charge in [0.25, 0.3) is 0 Å². The summed E-state index contributed by atoms with van der Waals surface area (Å²) in [6.45, 7) is 0.302. The molecule has 0 fully saturated rings. The number of halogens is 1. The van der Waals surface area contributed by atoms with E-state index in [-0.39, 0.29) is 25.7 Å². The van der Waals surface area contributed by atoms with Crippen molar-refractivity contribution >= 4 is 27.7 Å². The maximum atomic E-state index is 13.1. The van der Waals surface area contributed by atoms with Gasteiger partial charge in [-0.05, 0) is 40.5 Å². The van der Waals surface area contributed by atoms with E-state index in [2.05, 4.69) is 40.2 Å². The predicted molar refractivity (Wildman–Crippen MR) is 118 cm³/mol. The van der Waals surface area contributed by atoms with Gasteiger partial charge in [-0.15, -0.1) is 0 Å².